The van der Waals surface area contributed by atoms with E-state index < -0.39 is 9.84 Å². The molecular formula is C18H31N3O3S. The van der Waals surface area contributed by atoms with Gasteiger partial charge in [-0.3, -0.25) is 4.99 Å². The molecule has 3 aliphatic heterocycles. The zero-order valence-corrected chi connectivity index (χ0v) is 15.8. The lowest BCUT2D eigenvalue weighted by Gasteiger charge is -2.28. The third kappa shape index (κ3) is 5.20. The predicted octanol–water partition coefficient (Wildman–Crippen LogP) is 1.30. The normalized spacial score (nSPS) is 30.6. The standard InChI is InChI=1S/C18H31N3O3S/c1-2-7-19-18(20-12-15-6-11-25(22,23)14-15)21-8-3-17(13-21)16-4-9-24-10-5-16/h2,15-17H,1,3-14H2,(H,19,20). The van der Waals surface area contributed by atoms with Crippen molar-refractivity contribution in [2.75, 3.05) is 50.9 Å². The van der Waals surface area contributed by atoms with Crippen LogP contribution in [0.25, 0.3) is 0 Å². The quantitative estimate of drug-likeness (QED) is 0.449. The van der Waals surface area contributed by atoms with Gasteiger partial charge >= 0.3 is 0 Å². The zero-order chi connectivity index (χ0) is 17.7. The van der Waals surface area contributed by atoms with E-state index in [0.717, 1.165) is 44.6 Å². The van der Waals surface area contributed by atoms with Gasteiger partial charge in [0.2, 0.25) is 0 Å². The van der Waals surface area contributed by atoms with E-state index in [-0.39, 0.29) is 11.7 Å². The van der Waals surface area contributed by atoms with Crippen molar-refractivity contribution >= 4 is 15.8 Å². The van der Waals surface area contributed by atoms with Crippen LogP contribution in [0.3, 0.4) is 0 Å². The number of likely N-dealkylation sites (tertiary alicyclic amines) is 1. The second-order valence-corrected chi connectivity index (χ2v) is 9.78. The molecule has 3 fully saturated rings. The number of guanidine groups is 1. The molecule has 2 unspecified atom stereocenters. The van der Waals surface area contributed by atoms with Crippen LogP contribution in [-0.2, 0) is 14.6 Å². The van der Waals surface area contributed by atoms with Gasteiger partial charge < -0.3 is 15.0 Å². The molecule has 3 saturated heterocycles. The summed E-state index contributed by atoms with van der Waals surface area (Å²) in [6, 6.07) is 0. The lowest BCUT2D eigenvalue weighted by molar-refractivity contribution is 0.0488. The van der Waals surface area contributed by atoms with E-state index in [1.165, 1.54) is 19.3 Å². The average molecular weight is 370 g/mol. The summed E-state index contributed by atoms with van der Waals surface area (Å²) in [5, 5.41) is 3.36. The topological polar surface area (TPSA) is 71.0 Å². The molecule has 0 aliphatic carbocycles. The Labute approximate surface area is 151 Å². The van der Waals surface area contributed by atoms with E-state index in [2.05, 4.69) is 16.8 Å². The lowest BCUT2D eigenvalue weighted by atomic mass is 9.85. The van der Waals surface area contributed by atoms with Crippen molar-refractivity contribution in [2.24, 2.45) is 22.7 Å². The van der Waals surface area contributed by atoms with Crippen LogP contribution in [0.5, 0.6) is 0 Å². The van der Waals surface area contributed by atoms with Crippen LogP contribution in [0, 0.1) is 17.8 Å². The number of rotatable bonds is 5. The third-order valence-electron chi connectivity index (χ3n) is 5.69. The maximum absolute atomic E-state index is 11.6. The highest BCUT2D eigenvalue weighted by atomic mass is 32.2. The molecule has 7 heteroatoms. The smallest absolute Gasteiger partial charge is 0.194 e. The number of aliphatic imine (C=N–C) groups is 1. The maximum atomic E-state index is 11.6. The Morgan fingerprint density at radius 1 is 1.24 bits per heavy atom. The Morgan fingerprint density at radius 2 is 2.04 bits per heavy atom. The first-order chi connectivity index (χ1) is 12.1. The molecule has 0 amide bonds. The van der Waals surface area contributed by atoms with Gasteiger partial charge in [-0.05, 0) is 43.4 Å². The molecule has 6 nitrogen and oxygen atoms in total. The maximum Gasteiger partial charge on any atom is 0.194 e. The van der Waals surface area contributed by atoms with Gasteiger partial charge in [-0.25, -0.2) is 8.42 Å². The van der Waals surface area contributed by atoms with Gasteiger partial charge in [0.1, 0.15) is 0 Å². The fraction of sp³-hybridized carbons (Fsp3) is 0.833. The van der Waals surface area contributed by atoms with E-state index >= 15 is 0 Å². The summed E-state index contributed by atoms with van der Waals surface area (Å²) < 4.78 is 28.8. The first-order valence-corrected chi connectivity index (χ1v) is 11.3. The van der Waals surface area contributed by atoms with Crippen molar-refractivity contribution in [1.29, 1.82) is 0 Å². The van der Waals surface area contributed by atoms with Crippen LogP contribution in [-0.4, -0.2) is 70.2 Å². The Hall–Kier alpha value is -1.08. The molecule has 0 aromatic heterocycles. The molecule has 1 N–H and O–H groups in total. The van der Waals surface area contributed by atoms with Crippen LogP contribution in [0.1, 0.15) is 25.7 Å². The van der Waals surface area contributed by atoms with Gasteiger partial charge in [0.25, 0.3) is 0 Å². The Kier molecular flexibility index (Phi) is 6.39. The van der Waals surface area contributed by atoms with Crippen LogP contribution in [0.15, 0.2) is 17.6 Å². The number of hydrogen-bond acceptors (Lipinski definition) is 4. The average Bonchev–Trinajstić information content (AvgIpc) is 3.22. The number of nitrogens with one attached hydrogen (secondary N) is 1. The molecule has 0 radical (unpaired) electrons. The molecule has 142 valence electrons. The van der Waals surface area contributed by atoms with Gasteiger partial charge in [0.05, 0.1) is 11.5 Å². The summed E-state index contributed by atoms with van der Waals surface area (Å²) in [6.07, 6.45) is 6.13. The SMILES string of the molecule is C=CCNC(=NCC1CCS(=O)(=O)C1)N1CCC(C2CCOCC2)C1. The fourth-order valence-corrected chi connectivity index (χ4v) is 6.06. The van der Waals surface area contributed by atoms with E-state index in [1.54, 1.807) is 0 Å². The second kappa shape index (κ2) is 8.54. The summed E-state index contributed by atoms with van der Waals surface area (Å²) >= 11 is 0. The molecule has 0 bridgehead atoms. The van der Waals surface area contributed by atoms with Crippen LogP contribution in [0.4, 0.5) is 0 Å². The molecule has 0 aromatic carbocycles. The zero-order valence-electron chi connectivity index (χ0n) is 15.0. The summed E-state index contributed by atoms with van der Waals surface area (Å²) in [7, 11) is -2.83. The monoisotopic (exact) mass is 369 g/mol. The van der Waals surface area contributed by atoms with Crippen molar-refractivity contribution in [3.63, 3.8) is 0 Å². The second-order valence-electron chi connectivity index (χ2n) is 7.55. The summed E-state index contributed by atoms with van der Waals surface area (Å²) in [6.45, 7) is 8.90. The minimum atomic E-state index is -2.83. The van der Waals surface area contributed by atoms with Crippen molar-refractivity contribution in [3.8, 4) is 0 Å². The van der Waals surface area contributed by atoms with Crippen LogP contribution < -0.4 is 5.32 Å². The minimum Gasteiger partial charge on any atom is -0.381 e. The fourth-order valence-electron chi connectivity index (χ4n) is 4.21. The molecule has 0 aromatic rings. The van der Waals surface area contributed by atoms with Gasteiger partial charge in [0, 0.05) is 39.4 Å². The van der Waals surface area contributed by atoms with Crippen molar-refractivity contribution in [1.82, 2.24) is 10.2 Å². The van der Waals surface area contributed by atoms with E-state index in [1.807, 2.05) is 6.08 Å². The number of sulfone groups is 1. The summed E-state index contributed by atoms with van der Waals surface area (Å²) in [4.78, 5) is 7.11. The summed E-state index contributed by atoms with van der Waals surface area (Å²) in [5.41, 5.74) is 0. The van der Waals surface area contributed by atoms with Crippen molar-refractivity contribution in [2.45, 2.75) is 25.7 Å². The molecule has 2 atom stereocenters. The highest BCUT2D eigenvalue weighted by molar-refractivity contribution is 7.91. The highest BCUT2D eigenvalue weighted by Crippen LogP contribution is 2.31. The van der Waals surface area contributed by atoms with E-state index in [4.69, 9.17) is 9.73 Å². The van der Waals surface area contributed by atoms with Gasteiger partial charge in [-0.2, -0.15) is 0 Å². The third-order valence-corrected chi connectivity index (χ3v) is 7.52. The molecule has 3 heterocycles. The molecule has 3 rings (SSSR count). The number of nitrogens with zero attached hydrogens (tertiary/aromatic N) is 2. The first-order valence-electron chi connectivity index (χ1n) is 9.50. The van der Waals surface area contributed by atoms with Crippen LogP contribution in [0.2, 0.25) is 0 Å². The van der Waals surface area contributed by atoms with Gasteiger partial charge in [-0.1, -0.05) is 6.08 Å². The Balaban J connectivity index is 1.58. The van der Waals surface area contributed by atoms with Gasteiger partial charge in [-0.15, -0.1) is 6.58 Å². The summed E-state index contributed by atoms with van der Waals surface area (Å²) in [5.74, 6) is 3.16. The Morgan fingerprint density at radius 3 is 2.72 bits per heavy atom. The molecule has 0 saturated carbocycles. The molecule has 25 heavy (non-hydrogen) atoms. The highest BCUT2D eigenvalue weighted by Gasteiger charge is 2.32. The molecule has 3 aliphatic rings. The molecule has 0 spiro atoms. The largest absolute Gasteiger partial charge is 0.381 e. The molecular weight excluding hydrogens is 338 g/mol. The lowest BCUT2D eigenvalue weighted by Crippen LogP contribution is -2.41. The van der Waals surface area contributed by atoms with E-state index in [0.29, 0.717) is 24.8 Å². The predicted molar refractivity (Wildman–Crippen MR) is 100 cm³/mol. The number of ether oxygens (including phenoxy) is 1. The minimum absolute atomic E-state index is 0.166. The van der Waals surface area contributed by atoms with Crippen molar-refractivity contribution < 1.29 is 13.2 Å². The van der Waals surface area contributed by atoms with E-state index in [9.17, 15) is 8.42 Å². The van der Waals surface area contributed by atoms with Gasteiger partial charge in [0.15, 0.2) is 15.8 Å². The van der Waals surface area contributed by atoms with Crippen molar-refractivity contribution in [3.05, 3.63) is 12.7 Å². The van der Waals surface area contributed by atoms with Crippen LogP contribution >= 0.6 is 0 Å². The Bertz CT molecular complexity index is 584. The first kappa shape index (κ1) is 18.7. The number of hydrogen-bond donors (Lipinski definition) is 1.